The zero-order valence-corrected chi connectivity index (χ0v) is 29.7. The minimum Gasteiger partial charge on any atom is -0.508 e. The number of nitrogens with zero attached hydrogens (tertiary/aromatic N) is 5. The van der Waals surface area contributed by atoms with Crippen molar-refractivity contribution in [1.29, 1.82) is 5.26 Å². The molecule has 1 heterocycles. The van der Waals surface area contributed by atoms with Crippen molar-refractivity contribution in [3.05, 3.63) is 90.8 Å². The van der Waals surface area contributed by atoms with Crippen LogP contribution in [0.3, 0.4) is 0 Å². The number of carbonyl (C=O) groups excluding carboxylic acids is 3. The standard InChI is InChI=1S/C40H51N6O5/c1-43(26-13-24-41)30-22-39(49)44(32-33-18-20-35(47)21-19-33)27-10-3-9-25-42-38(48)23-31-51-40(50)46(45-28-11-4-12-29-45)37-17-8-7-16-36(37)34-14-5-2-6-15-34/h2,4-8,14-21,47H,3,9-13,22-23,25-32H2,1H3,(H,42,48). The van der Waals surface area contributed by atoms with Gasteiger partial charge in [-0.05, 0) is 74.9 Å². The van der Waals surface area contributed by atoms with E-state index in [2.05, 4.69) is 17.8 Å². The average molecular weight is 696 g/mol. The maximum atomic E-state index is 13.6. The Morgan fingerprint density at radius 3 is 2.35 bits per heavy atom. The summed E-state index contributed by atoms with van der Waals surface area (Å²) in [5.74, 6) is 0.0330. The number of phenols is 1. The second-order valence-electron chi connectivity index (χ2n) is 12.7. The van der Waals surface area contributed by atoms with Crippen molar-refractivity contribution in [2.24, 2.45) is 0 Å². The molecule has 1 aliphatic rings. The molecule has 0 saturated carbocycles. The van der Waals surface area contributed by atoms with Gasteiger partial charge in [-0.3, -0.25) is 9.59 Å². The highest BCUT2D eigenvalue weighted by atomic mass is 16.6. The number of amides is 3. The molecule has 3 aromatic carbocycles. The van der Waals surface area contributed by atoms with Gasteiger partial charge in [0.1, 0.15) is 12.4 Å². The molecule has 3 amide bonds. The predicted molar refractivity (Wildman–Crippen MR) is 198 cm³/mol. The minimum absolute atomic E-state index is 0.0331. The Kier molecular flexibility index (Phi) is 16.3. The van der Waals surface area contributed by atoms with E-state index in [1.165, 1.54) is 0 Å². The molecule has 0 aliphatic carbocycles. The first-order valence-electron chi connectivity index (χ1n) is 17.9. The summed E-state index contributed by atoms with van der Waals surface area (Å²) in [4.78, 5) is 43.1. The van der Waals surface area contributed by atoms with E-state index in [1.807, 2.05) is 88.6 Å². The smallest absolute Gasteiger partial charge is 0.429 e. The van der Waals surface area contributed by atoms with Gasteiger partial charge in [-0.1, -0.05) is 60.7 Å². The Labute approximate surface area is 302 Å². The second-order valence-corrected chi connectivity index (χ2v) is 12.7. The zero-order valence-electron chi connectivity index (χ0n) is 29.7. The molecule has 0 unspecified atom stereocenters. The fraction of sp³-hybridized carbons (Fsp3) is 0.425. The third-order valence-corrected chi connectivity index (χ3v) is 8.81. The number of ether oxygens (including phenoxy) is 1. The topological polar surface area (TPSA) is 129 Å². The molecule has 51 heavy (non-hydrogen) atoms. The molecule has 1 saturated heterocycles. The van der Waals surface area contributed by atoms with Gasteiger partial charge < -0.3 is 25.0 Å². The Bertz CT molecular complexity index is 1560. The van der Waals surface area contributed by atoms with Crippen LogP contribution in [0, 0.1) is 17.8 Å². The summed E-state index contributed by atoms with van der Waals surface area (Å²) in [5, 5.41) is 25.0. The molecule has 1 fully saturated rings. The molecule has 1 aliphatic heterocycles. The van der Waals surface area contributed by atoms with Crippen molar-refractivity contribution in [2.75, 3.05) is 57.9 Å². The summed E-state index contributed by atoms with van der Waals surface area (Å²) in [7, 11) is 1.91. The largest absolute Gasteiger partial charge is 0.508 e. The highest BCUT2D eigenvalue weighted by Crippen LogP contribution is 2.33. The molecule has 4 rings (SSSR count). The van der Waals surface area contributed by atoms with Crippen LogP contribution in [0.25, 0.3) is 11.1 Å². The molecule has 11 heteroatoms. The van der Waals surface area contributed by atoms with Crippen LogP contribution in [-0.2, 0) is 20.9 Å². The normalized spacial score (nSPS) is 13.0. The monoisotopic (exact) mass is 695 g/mol. The van der Waals surface area contributed by atoms with Gasteiger partial charge in [-0.15, -0.1) is 0 Å². The molecule has 0 atom stereocenters. The van der Waals surface area contributed by atoms with Crippen LogP contribution >= 0.6 is 0 Å². The van der Waals surface area contributed by atoms with Crippen LogP contribution in [0.5, 0.6) is 5.75 Å². The molecule has 271 valence electrons. The van der Waals surface area contributed by atoms with Crippen molar-refractivity contribution < 1.29 is 24.2 Å². The number of benzene rings is 3. The lowest BCUT2D eigenvalue weighted by Gasteiger charge is -2.37. The van der Waals surface area contributed by atoms with E-state index >= 15 is 0 Å². The predicted octanol–water partition coefficient (Wildman–Crippen LogP) is 6.16. The van der Waals surface area contributed by atoms with Crippen molar-refractivity contribution in [3.63, 3.8) is 0 Å². The molecule has 1 radical (unpaired) electrons. The van der Waals surface area contributed by atoms with E-state index in [-0.39, 0.29) is 30.6 Å². The van der Waals surface area contributed by atoms with E-state index < -0.39 is 6.09 Å². The van der Waals surface area contributed by atoms with Gasteiger partial charge in [-0.2, -0.15) is 5.26 Å². The third-order valence-electron chi connectivity index (χ3n) is 8.81. The Balaban J connectivity index is 1.21. The van der Waals surface area contributed by atoms with Gasteiger partial charge in [-0.25, -0.2) is 14.8 Å². The van der Waals surface area contributed by atoms with Crippen molar-refractivity contribution >= 4 is 23.6 Å². The maximum Gasteiger partial charge on any atom is 0.429 e. The van der Waals surface area contributed by atoms with Crippen LogP contribution in [0.1, 0.15) is 56.9 Å². The summed E-state index contributed by atoms with van der Waals surface area (Å²) in [5.41, 5.74) is 3.60. The summed E-state index contributed by atoms with van der Waals surface area (Å²) in [6.45, 7) is 4.06. The van der Waals surface area contributed by atoms with Crippen molar-refractivity contribution in [1.82, 2.24) is 20.1 Å². The lowest BCUT2D eigenvalue weighted by molar-refractivity contribution is -0.132. The molecule has 11 nitrogen and oxygen atoms in total. The van der Waals surface area contributed by atoms with Gasteiger partial charge in [0.25, 0.3) is 0 Å². The molecule has 0 spiro atoms. The fourth-order valence-electron chi connectivity index (χ4n) is 5.95. The van der Waals surface area contributed by atoms with Crippen LogP contribution in [0.15, 0.2) is 78.9 Å². The molecule has 0 aromatic heterocycles. The first kappa shape index (κ1) is 38.9. The lowest BCUT2D eigenvalue weighted by atomic mass is 10.0. The summed E-state index contributed by atoms with van der Waals surface area (Å²) < 4.78 is 5.68. The number of hydrogen-bond donors (Lipinski definition) is 2. The molecular weight excluding hydrogens is 644 g/mol. The number of nitrogens with one attached hydrogen (secondary N) is 1. The van der Waals surface area contributed by atoms with Crippen LogP contribution in [-0.4, -0.2) is 90.7 Å². The van der Waals surface area contributed by atoms with Gasteiger partial charge in [0.2, 0.25) is 11.8 Å². The number of anilines is 1. The lowest BCUT2D eigenvalue weighted by Crippen LogP contribution is -2.50. The first-order valence-corrected chi connectivity index (χ1v) is 17.9. The number of phenolic OH excluding ortho intramolecular Hbond substituents is 1. The summed E-state index contributed by atoms with van der Waals surface area (Å²) in [6, 6.07) is 26.7. The maximum absolute atomic E-state index is 13.6. The van der Waals surface area contributed by atoms with E-state index in [0.29, 0.717) is 58.7 Å². The Morgan fingerprint density at radius 2 is 1.61 bits per heavy atom. The third kappa shape index (κ3) is 13.0. The summed E-state index contributed by atoms with van der Waals surface area (Å²) in [6.07, 6.45) is 6.64. The van der Waals surface area contributed by atoms with E-state index in [1.54, 1.807) is 17.1 Å². The number of para-hydroxylation sites is 1. The van der Waals surface area contributed by atoms with Crippen LogP contribution in [0.4, 0.5) is 10.5 Å². The molecule has 0 bridgehead atoms. The Hall–Kier alpha value is -4.92. The van der Waals surface area contributed by atoms with E-state index in [0.717, 1.165) is 54.5 Å². The first-order chi connectivity index (χ1) is 24.9. The van der Waals surface area contributed by atoms with Crippen molar-refractivity contribution in [2.45, 2.75) is 57.9 Å². The molecule has 3 aromatic rings. The van der Waals surface area contributed by atoms with Gasteiger partial charge in [0.15, 0.2) is 0 Å². The van der Waals surface area contributed by atoms with E-state index in [4.69, 9.17) is 10.00 Å². The van der Waals surface area contributed by atoms with Gasteiger partial charge >= 0.3 is 6.09 Å². The minimum atomic E-state index is -0.506. The van der Waals surface area contributed by atoms with Gasteiger partial charge in [0.05, 0.1) is 18.2 Å². The highest BCUT2D eigenvalue weighted by molar-refractivity contribution is 5.93. The molecule has 2 N–H and O–H groups in total. The Morgan fingerprint density at radius 1 is 0.882 bits per heavy atom. The zero-order chi connectivity index (χ0) is 36.3. The second kappa shape index (κ2) is 21.3. The number of piperidine rings is 1. The van der Waals surface area contributed by atoms with Crippen LogP contribution < -0.4 is 10.3 Å². The molecular formula is C40H51N6O5. The van der Waals surface area contributed by atoms with Crippen molar-refractivity contribution in [3.8, 4) is 22.9 Å². The number of hydrogen-bond acceptors (Lipinski definition) is 8. The van der Waals surface area contributed by atoms with Crippen LogP contribution in [0.2, 0.25) is 0 Å². The number of carbonyl (C=O) groups is 3. The van der Waals surface area contributed by atoms with Gasteiger partial charge in [0, 0.05) is 64.2 Å². The number of unbranched alkanes of at least 4 members (excludes halogenated alkanes) is 2. The SMILES string of the molecule is CN(CCC#N)CCC(=O)N(CCCCCNC(=O)CCOC(=O)N(c1ccccc1-c1ccccc1)N1CC[CH]CC1)Cc1ccc(O)cc1. The average Bonchev–Trinajstić information content (AvgIpc) is 3.15. The number of hydrazine groups is 1. The number of nitriles is 1. The quantitative estimate of drug-likeness (QED) is 0.143. The highest BCUT2D eigenvalue weighted by Gasteiger charge is 2.28. The van der Waals surface area contributed by atoms with E-state index in [9.17, 15) is 19.5 Å². The fourth-order valence-corrected chi connectivity index (χ4v) is 5.95. The summed E-state index contributed by atoms with van der Waals surface area (Å²) >= 11 is 0. The number of aromatic hydroxyl groups is 1. The number of rotatable bonds is 19.